The maximum Gasteiger partial charge on any atom is 0.233 e. The highest BCUT2D eigenvalue weighted by molar-refractivity contribution is 8.00. The molecule has 7 heteroatoms. The highest BCUT2D eigenvalue weighted by Gasteiger charge is 2.23. The lowest BCUT2D eigenvalue weighted by molar-refractivity contribution is -0.120. The van der Waals surface area contributed by atoms with E-state index in [2.05, 4.69) is 15.5 Å². The maximum atomic E-state index is 12.2. The third-order valence-corrected chi connectivity index (χ3v) is 4.73. The van der Waals surface area contributed by atoms with Gasteiger partial charge >= 0.3 is 0 Å². The van der Waals surface area contributed by atoms with E-state index in [9.17, 15) is 4.79 Å². The highest BCUT2D eigenvalue weighted by Crippen LogP contribution is 2.24. The Morgan fingerprint density at radius 1 is 1.50 bits per heavy atom. The topological polar surface area (TPSA) is 85.8 Å². The van der Waals surface area contributed by atoms with Gasteiger partial charge in [0.15, 0.2) is 5.16 Å². The van der Waals surface area contributed by atoms with Crippen LogP contribution in [-0.4, -0.2) is 32.0 Å². The Morgan fingerprint density at radius 2 is 2.20 bits per heavy atom. The molecule has 1 aromatic heterocycles. The van der Waals surface area contributed by atoms with Crippen molar-refractivity contribution in [3.05, 3.63) is 5.82 Å². The van der Waals surface area contributed by atoms with Gasteiger partial charge in [-0.2, -0.15) is 0 Å². The minimum Gasteiger partial charge on any atom is -0.352 e. The lowest BCUT2D eigenvalue weighted by Gasteiger charge is -2.16. The van der Waals surface area contributed by atoms with E-state index in [1.165, 1.54) is 24.6 Å². The Labute approximate surface area is 123 Å². The summed E-state index contributed by atoms with van der Waals surface area (Å²) in [6, 6.07) is 0.356. The second-order valence-electron chi connectivity index (χ2n) is 5.10. The number of rotatable bonds is 6. The maximum absolute atomic E-state index is 12.2. The smallest absolute Gasteiger partial charge is 0.233 e. The molecule has 0 saturated heterocycles. The first-order valence-corrected chi connectivity index (χ1v) is 8.12. The van der Waals surface area contributed by atoms with Crippen LogP contribution in [0.2, 0.25) is 0 Å². The molecular formula is C13H23N5OS. The molecular weight excluding hydrogens is 274 g/mol. The molecule has 1 fully saturated rings. The van der Waals surface area contributed by atoms with Gasteiger partial charge in [-0.3, -0.25) is 4.79 Å². The first-order chi connectivity index (χ1) is 9.65. The quantitative estimate of drug-likeness (QED) is 0.773. The fourth-order valence-electron chi connectivity index (χ4n) is 2.48. The molecule has 1 saturated carbocycles. The van der Waals surface area contributed by atoms with E-state index in [1.54, 1.807) is 0 Å². The predicted molar refractivity (Wildman–Crippen MR) is 79.3 cm³/mol. The van der Waals surface area contributed by atoms with Gasteiger partial charge in [0.25, 0.3) is 0 Å². The largest absolute Gasteiger partial charge is 0.352 e. The number of hydrogen-bond donors (Lipinski definition) is 2. The molecule has 0 aromatic carbocycles. The fraction of sp³-hybridized carbons (Fsp3) is 0.769. The zero-order chi connectivity index (χ0) is 14.5. The van der Waals surface area contributed by atoms with Crippen molar-refractivity contribution in [2.75, 3.05) is 0 Å². The first kappa shape index (κ1) is 15.3. The Hall–Kier alpha value is -1.08. The molecule has 1 aliphatic rings. The average Bonchev–Trinajstić information content (AvgIpc) is 3.07. The van der Waals surface area contributed by atoms with Crippen LogP contribution in [0.25, 0.3) is 0 Å². The molecule has 1 aromatic rings. The van der Waals surface area contributed by atoms with Crippen molar-refractivity contribution in [3.8, 4) is 0 Å². The van der Waals surface area contributed by atoms with Gasteiger partial charge in [-0.25, -0.2) is 0 Å². The molecule has 1 aliphatic carbocycles. The van der Waals surface area contributed by atoms with Crippen LogP contribution in [0.15, 0.2) is 5.16 Å². The Morgan fingerprint density at radius 3 is 2.80 bits per heavy atom. The lowest BCUT2D eigenvalue weighted by Crippen LogP contribution is -2.37. The molecule has 1 amide bonds. The van der Waals surface area contributed by atoms with Gasteiger partial charge in [0.05, 0.1) is 11.8 Å². The number of carbonyl (C=O) groups excluding carboxylic acids is 1. The minimum absolute atomic E-state index is 0.0850. The molecule has 112 valence electrons. The van der Waals surface area contributed by atoms with Gasteiger partial charge < -0.3 is 15.6 Å². The monoisotopic (exact) mass is 297 g/mol. The van der Waals surface area contributed by atoms with Gasteiger partial charge in [-0.15, -0.1) is 10.2 Å². The van der Waals surface area contributed by atoms with Gasteiger partial charge in [-0.05, 0) is 26.7 Å². The number of hydrogen-bond acceptors (Lipinski definition) is 5. The van der Waals surface area contributed by atoms with E-state index in [-0.39, 0.29) is 11.2 Å². The number of carbonyl (C=O) groups is 1. The van der Waals surface area contributed by atoms with Crippen LogP contribution in [0.3, 0.4) is 0 Å². The van der Waals surface area contributed by atoms with E-state index in [1.807, 2.05) is 18.4 Å². The highest BCUT2D eigenvalue weighted by atomic mass is 32.2. The molecule has 0 spiro atoms. The molecule has 1 unspecified atom stereocenters. The van der Waals surface area contributed by atoms with Crippen LogP contribution >= 0.6 is 11.8 Å². The number of amides is 1. The SMILES string of the molecule is CCn1c(CN)nnc1SC(C)C(=O)NC1CCCC1. The van der Waals surface area contributed by atoms with Crippen LogP contribution in [-0.2, 0) is 17.9 Å². The van der Waals surface area contributed by atoms with Crippen LogP contribution < -0.4 is 11.1 Å². The minimum atomic E-state index is -0.171. The summed E-state index contributed by atoms with van der Waals surface area (Å²) in [5, 5.41) is 11.9. The summed E-state index contributed by atoms with van der Waals surface area (Å²) in [5.41, 5.74) is 5.63. The van der Waals surface area contributed by atoms with Crippen molar-refractivity contribution in [2.24, 2.45) is 5.73 Å². The molecule has 1 atom stereocenters. The van der Waals surface area contributed by atoms with Crippen molar-refractivity contribution in [1.29, 1.82) is 0 Å². The van der Waals surface area contributed by atoms with Crippen molar-refractivity contribution in [1.82, 2.24) is 20.1 Å². The fourth-order valence-corrected chi connectivity index (χ4v) is 3.42. The summed E-state index contributed by atoms with van der Waals surface area (Å²) in [5.74, 6) is 0.847. The second kappa shape index (κ2) is 7.08. The predicted octanol–water partition coefficient (Wildman–Crippen LogP) is 1.30. The molecule has 0 radical (unpaired) electrons. The van der Waals surface area contributed by atoms with Gasteiger partial charge in [-0.1, -0.05) is 24.6 Å². The Balaban J connectivity index is 1.94. The summed E-state index contributed by atoms with van der Waals surface area (Å²) in [7, 11) is 0. The number of nitrogens with two attached hydrogens (primary N) is 1. The molecule has 2 rings (SSSR count). The van der Waals surface area contributed by atoms with E-state index in [0.29, 0.717) is 12.6 Å². The molecule has 20 heavy (non-hydrogen) atoms. The van der Waals surface area contributed by atoms with Crippen molar-refractivity contribution < 1.29 is 4.79 Å². The summed E-state index contributed by atoms with van der Waals surface area (Å²) >= 11 is 1.44. The van der Waals surface area contributed by atoms with Crippen molar-refractivity contribution in [2.45, 2.75) is 69.1 Å². The summed E-state index contributed by atoms with van der Waals surface area (Å²) < 4.78 is 1.96. The number of aromatic nitrogens is 3. The molecule has 3 N–H and O–H groups in total. The second-order valence-corrected chi connectivity index (χ2v) is 6.41. The van der Waals surface area contributed by atoms with Gasteiger partial charge in [0.1, 0.15) is 5.82 Å². The number of nitrogens with one attached hydrogen (secondary N) is 1. The van der Waals surface area contributed by atoms with E-state index >= 15 is 0 Å². The third kappa shape index (κ3) is 3.52. The normalized spacial score (nSPS) is 17.4. The number of thioether (sulfide) groups is 1. The lowest BCUT2D eigenvalue weighted by atomic mass is 10.2. The molecule has 0 aliphatic heterocycles. The standard InChI is InChI=1S/C13H23N5OS/c1-3-18-11(8-14)16-17-13(18)20-9(2)12(19)15-10-6-4-5-7-10/h9-10H,3-8,14H2,1-2H3,(H,15,19). The van der Waals surface area contributed by atoms with Crippen LogP contribution in [0.5, 0.6) is 0 Å². The third-order valence-electron chi connectivity index (χ3n) is 3.65. The van der Waals surface area contributed by atoms with Gasteiger partial charge in [0.2, 0.25) is 5.91 Å². The van der Waals surface area contributed by atoms with Crippen molar-refractivity contribution in [3.63, 3.8) is 0 Å². The Kier molecular flexibility index (Phi) is 5.42. The van der Waals surface area contributed by atoms with Crippen LogP contribution in [0.1, 0.15) is 45.4 Å². The average molecular weight is 297 g/mol. The number of nitrogens with zero attached hydrogens (tertiary/aromatic N) is 3. The molecule has 1 heterocycles. The van der Waals surface area contributed by atoms with Crippen LogP contribution in [0, 0.1) is 0 Å². The van der Waals surface area contributed by atoms with Crippen molar-refractivity contribution >= 4 is 17.7 Å². The summed E-state index contributed by atoms with van der Waals surface area (Å²) in [6.07, 6.45) is 4.64. The molecule has 6 nitrogen and oxygen atoms in total. The van der Waals surface area contributed by atoms with Gasteiger partial charge in [0, 0.05) is 12.6 Å². The molecule has 0 bridgehead atoms. The van der Waals surface area contributed by atoms with E-state index in [4.69, 9.17) is 5.73 Å². The summed E-state index contributed by atoms with van der Waals surface area (Å²) in [6.45, 7) is 5.06. The van der Waals surface area contributed by atoms with E-state index < -0.39 is 0 Å². The Bertz CT molecular complexity index is 456. The van der Waals surface area contributed by atoms with Crippen LogP contribution in [0.4, 0.5) is 0 Å². The zero-order valence-corrected chi connectivity index (χ0v) is 12.9. The van der Waals surface area contributed by atoms with E-state index in [0.717, 1.165) is 30.4 Å². The zero-order valence-electron chi connectivity index (χ0n) is 12.1. The summed E-state index contributed by atoms with van der Waals surface area (Å²) in [4.78, 5) is 12.2. The first-order valence-electron chi connectivity index (χ1n) is 7.24.